The molecular weight excluding hydrogens is 843 g/mol. The van der Waals surface area contributed by atoms with Crippen molar-refractivity contribution in [3.05, 3.63) is 29.8 Å². The summed E-state index contributed by atoms with van der Waals surface area (Å²) in [6.07, 6.45) is -2.78. The van der Waals surface area contributed by atoms with Crippen molar-refractivity contribution in [2.24, 2.45) is 39.4 Å². The van der Waals surface area contributed by atoms with Gasteiger partial charge in [-0.05, 0) is 82.5 Å². The Morgan fingerprint density at radius 3 is 1.61 bits per heavy atom. The van der Waals surface area contributed by atoms with Gasteiger partial charge in [0, 0.05) is 19.4 Å². The van der Waals surface area contributed by atoms with Gasteiger partial charge < -0.3 is 75.7 Å². The summed E-state index contributed by atoms with van der Waals surface area (Å²) in [5, 5.41) is 31.8. The number of hydrogen-bond acceptors (Lipinski definition) is 14. The number of rotatable bonds is 30. The lowest BCUT2D eigenvalue weighted by atomic mass is 10.0. The van der Waals surface area contributed by atoms with Crippen molar-refractivity contribution < 1.29 is 67.4 Å². The molecule has 0 spiro atoms. The van der Waals surface area contributed by atoms with E-state index in [1.165, 1.54) is 24.3 Å². The number of aliphatic imine (C=N–C) groups is 1. The number of aliphatic hydroxyl groups is 1. The fourth-order valence-electron chi connectivity index (χ4n) is 5.55. The first-order chi connectivity index (χ1) is 28.9. The Bertz CT molecular complexity index is 1770. The summed E-state index contributed by atoms with van der Waals surface area (Å²) in [6, 6.07) is -3.81. The fraction of sp³-hybridized carbons (Fsp3) is 0.571. The number of phosphoric ester groups is 1. The summed E-state index contributed by atoms with van der Waals surface area (Å²) in [5.74, 6) is -8.54. The van der Waals surface area contributed by atoms with Crippen LogP contribution < -0.4 is 65.5 Å². The molecule has 0 saturated heterocycles. The number of phosphoric acid groups is 1. The molecule has 26 nitrogen and oxygen atoms in total. The lowest BCUT2D eigenvalue weighted by molar-refractivity contribution is -0.143. The number of carboxylic acids is 1. The van der Waals surface area contributed by atoms with E-state index in [-0.39, 0.29) is 63.3 Å². The molecular formula is C35H59N12O14P. The van der Waals surface area contributed by atoms with Crippen molar-refractivity contribution in [1.82, 2.24) is 26.6 Å². The number of aliphatic carboxylic acids is 1. The fourth-order valence-corrected chi connectivity index (χ4v) is 5.94. The molecule has 1 aromatic rings. The largest absolute Gasteiger partial charge is 0.524 e. The Morgan fingerprint density at radius 1 is 0.694 bits per heavy atom. The average Bonchev–Trinajstić information content (AvgIpc) is 3.17. The van der Waals surface area contributed by atoms with E-state index in [1.54, 1.807) is 0 Å². The molecule has 0 unspecified atom stereocenters. The third-order valence-corrected chi connectivity index (χ3v) is 9.22. The molecule has 348 valence electrons. The minimum atomic E-state index is -4.82. The summed E-state index contributed by atoms with van der Waals surface area (Å²) >= 11 is 0. The average molecular weight is 903 g/mol. The highest BCUT2D eigenvalue weighted by molar-refractivity contribution is 7.46. The maximum Gasteiger partial charge on any atom is 0.524 e. The lowest BCUT2D eigenvalue weighted by Crippen LogP contribution is -2.61. The number of aliphatic hydroxyl groups excluding tert-OH is 1. The maximum atomic E-state index is 13.8. The number of hydrogen-bond donors (Lipinski definition) is 15. The van der Waals surface area contributed by atoms with Gasteiger partial charge in [-0.15, -0.1) is 0 Å². The first-order valence-electron chi connectivity index (χ1n) is 19.3. The molecule has 0 aliphatic rings. The number of amides is 7. The van der Waals surface area contributed by atoms with E-state index in [0.717, 1.165) is 6.92 Å². The Labute approximate surface area is 356 Å². The normalized spacial score (nSPS) is 14.5. The Morgan fingerprint density at radius 2 is 1.16 bits per heavy atom. The van der Waals surface area contributed by atoms with Gasteiger partial charge in [-0.1, -0.05) is 12.1 Å². The highest BCUT2D eigenvalue weighted by Crippen LogP contribution is 2.37. The number of benzene rings is 1. The SMILES string of the molecule is C[C@@H](O)[C@H](NC(=O)[C@H](CCC(N)=O)NC(=O)[C@H](CCCCN)NC(=O)[C@H](CCC(N)=O)NC(=O)[C@@H](N)Cc1ccc(OP(=O)(O)O)cc1)C(=O)N[C@@H](CCCN=C(N)N)C(=O)O. The number of nitrogens with zero attached hydrogens (tertiary/aromatic N) is 1. The van der Waals surface area contributed by atoms with E-state index in [0.29, 0.717) is 12.0 Å². The number of unbranched alkanes of at least 4 members (excludes halogenated alkanes) is 1. The van der Waals surface area contributed by atoms with Crippen LogP contribution in [0.1, 0.15) is 70.3 Å². The van der Waals surface area contributed by atoms with Crippen LogP contribution in [-0.2, 0) is 49.3 Å². The van der Waals surface area contributed by atoms with Crippen LogP contribution >= 0.6 is 7.82 Å². The number of primary amides is 2. The van der Waals surface area contributed by atoms with E-state index < -0.39 is 117 Å². The zero-order chi connectivity index (χ0) is 47.2. The first-order valence-corrected chi connectivity index (χ1v) is 20.8. The second-order valence-corrected chi connectivity index (χ2v) is 15.3. The van der Waals surface area contributed by atoms with Crippen molar-refractivity contribution in [1.29, 1.82) is 0 Å². The molecule has 0 saturated carbocycles. The van der Waals surface area contributed by atoms with Crippen molar-refractivity contribution in [2.75, 3.05) is 13.1 Å². The molecule has 0 aliphatic carbocycles. The number of carboxylic acid groups (broad SMARTS) is 1. The summed E-state index contributed by atoms with van der Waals surface area (Å²) < 4.78 is 15.6. The number of guanidine groups is 1. The molecule has 1 rings (SSSR count). The van der Waals surface area contributed by atoms with Crippen LogP contribution in [0.5, 0.6) is 5.75 Å². The molecule has 0 radical (unpaired) electrons. The van der Waals surface area contributed by atoms with Gasteiger partial charge in [0.15, 0.2) is 5.96 Å². The molecule has 0 heterocycles. The van der Waals surface area contributed by atoms with Gasteiger partial charge in [-0.2, -0.15) is 0 Å². The van der Waals surface area contributed by atoms with E-state index in [9.17, 15) is 53.1 Å². The molecule has 0 bridgehead atoms. The predicted molar refractivity (Wildman–Crippen MR) is 219 cm³/mol. The molecule has 0 aliphatic heterocycles. The third kappa shape index (κ3) is 22.1. The van der Waals surface area contributed by atoms with Gasteiger partial charge >= 0.3 is 13.8 Å². The van der Waals surface area contributed by atoms with Crippen LogP contribution in [0.2, 0.25) is 0 Å². The topological polar surface area (TPSA) is 472 Å². The van der Waals surface area contributed by atoms with Gasteiger partial charge in [-0.3, -0.25) is 48.3 Å². The van der Waals surface area contributed by atoms with Crippen molar-refractivity contribution >= 4 is 61.1 Å². The van der Waals surface area contributed by atoms with Crippen molar-refractivity contribution in [2.45, 2.75) is 113 Å². The number of nitrogens with two attached hydrogens (primary N) is 6. The first kappa shape index (κ1) is 54.1. The molecule has 7 atom stereocenters. The van der Waals surface area contributed by atoms with Crippen LogP contribution in [0.25, 0.3) is 0 Å². The quantitative estimate of drug-likeness (QED) is 0.0148. The minimum absolute atomic E-state index is 0.0470. The molecule has 0 aromatic heterocycles. The van der Waals surface area contributed by atoms with E-state index in [2.05, 4.69) is 36.1 Å². The molecule has 21 N–H and O–H groups in total. The molecule has 62 heavy (non-hydrogen) atoms. The summed E-state index contributed by atoms with van der Waals surface area (Å²) in [4.78, 5) is 124. The standard InChI is InChI=1S/C35H59N12O14P/c1-18(48)28(33(55)46-25(34(56)57)6-4-16-42-35(40)41)47-32(54)24(12-14-27(39)50)45-30(52)22(5-2-3-15-36)44-31(53)23(11-13-26(38)49)43-29(51)21(37)17-19-7-9-20(10-8-19)61-62(58,59)60/h7-10,18,21-25,28,48H,2-6,11-17,36-37H2,1H3,(H2,38,49)(H2,39,50)(H,43,51)(H,44,53)(H,45,52)(H,46,55)(H,47,54)(H,56,57)(H4,40,41,42)(H2,58,59,60)/t18-,21+,22+,23+,24+,25+,28+/m1/s1. The summed E-state index contributed by atoms with van der Waals surface area (Å²) in [6.45, 7) is 1.37. The van der Waals surface area contributed by atoms with Crippen molar-refractivity contribution in [3.8, 4) is 5.75 Å². The Balaban J connectivity index is 3.27. The van der Waals surface area contributed by atoms with Gasteiger partial charge in [0.05, 0.1) is 12.1 Å². The van der Waals surface area contributed by atoms with Crippen LogP contribution in [0.3, 0.4) is 0 Å². The Hall–Kier alpha value is -5.92. The monoisotopic (exact) mass is 902 g/mol. The molecule has 27 heteroatoms. The number of carbonyl (C=O) groups is 8. The van der Waals surface area contributed by atoms with Gasteiger partial charge in [0.2, 0.25) is 41.4 Å². The second-order valence-electron chi connectivity index (χ2n) is 14.1. The number of carbonyl (C=O) groups excluding carboxylic acids is 7. The third-order valence-electron chi connectivity index (χ3n) is 8.77. The summed E-state index contributed by atoms with van der Waals surface area (Å²) in [5.41, 5.74) is 33.3. The summed E-state index contributed by atoms with van der Waals surface area (Å²) in [7, 11) is -4.82. The van der Waals surface area contributed by atoms with Crippen molar-refractivity contribution in [3.63, 3.8) is 0 Å². The van der Waals surface area contributed by atoms with Crippen LogP contribution in [0, 0.1) is 0 Å². The zero-order valence-corrected chi connectivity index (χ0v) is 35.0. The van der Waals surface area contributed by atoms with Crippen LogP contribution in [-0.4, -0.2) is 129 Å². The predicted octanol–water partition coefficient (Wildman–Crippen LogP) is -5.37. The maximum absolute atomic E-state index is 13.8. The highest BCUT2D eigenvalue weighted by Gasteiger charge is 2.34. The van der Waals surface area contributed by atoms with Gasteiger partial charge in [-0.25, -0.2) is 9.36 Å². The van der Waals surface area contributed by atoms with E-state index in [4.69, 9.17) is 44.2 Å². The zero-order valence-electron chi connectivity index (χ0n) is 34.1. The van der Waals surface area contributed by atoms with Crippen LogP contribution in [0.15, 0.2) is 29.3 Å². The minimum Gasteiger partial charge on any atom is -0.480 e. The van der Waals surface area contributed by atoms with Gasteiger partial charge in [0.25, 0.3) is 0 Å². The van der Waals surface area contributed by atoms with E-state index >= 15 is 0 Å². The van der Waals surface area contributed by atoms with E-state index in [1.807, 2.05) is 0 Å². The lowest BCUT2D eigenvalue weighted by Gasteiger charge is -2.28. The molecule has 0 fully saturated rings. The second kappa shape index (κ2) is 27.1. The smallest absolute Gasteiger partial charge is 0.480 e. The Kier molecular flexibility index (Phi) is 23.7. The highest BCUT2D eigenvalue weighted by atomic mass is 31.2. The molecule has 7 amide bonds. The number of nitrogens with one attached hydrogen (secondary N) is 5. The van der Waals surface area contributed by atoms with Gasteiger partial charge in [0.1, 0.15) is 36.0 Å². The molecule has 1 aromatic carbocycles. The van der Waals surface area contributed by atoms with Crippen LogP contribution in [0.4, 0.5) is 0 Å².